The fourth-order valence-electron chi connectivity index (χ4n) is 2.67. The quantitative estimate of drug-likeness (QED) is 0.400. The van der Waals surface area contributed by atoms with Crippen molar-refractivity contribution in [3.05, 3.63) is 89.6 Å². The molecule has 6 heteroatoms. The Balaban J connectivity index is 1.55. The number of nitrogens with one attached hydrogen (secondary N) is 1. The highest BCUT2D eigenvalue weighted by Gasteiger charge is 2.14. The lowest BCUT2D eigenvalue weighted by atomic mass is 10.0. The minimum atomic E-state index is -1.51. The molecule has 0 unspecified atom stereocenters. The van der Waals surface area contributed by atoms with Gasteiger partial charge < -0.3 is 5.32 Å². The SMILES string of the molecule is Fc1ccc(Nc2nc(-c3ccc(-c4ccccc4)cc3)cs2)c(F)c1F. The molecule has 0 fully saturated rings. The summed E-state index contributed by atoms with van der Waals surface area (Å²) in [4.78, 5) is 4.40. The molecule has 4 aromatic rings. The van der Waals surface area contributed by atoms with Crippen LogP contribution in [0.5, 0.6) is 0 Å². The normalized spacial score (nSPS) is 10.8. The van der Waals surface area contributed by atoms with Crippen molar-refractivity contribution in [2.45, 2.75) is 0 Å². The van der Waals surface area contributed by atoms with Gasteiger partial charge in [0.25, 0.3) is 0 Å². The Labute approximate surface area is 158 Å². The second-order valence-electron chi connectivity index (χ2n) is 5.83. The first-order valence-electron chi connectivity index (χ1n) is 8.14. The van der Waals surface area contributed by atoms with Crippen LogP contribution in [0.1, 0.15) is 0 Å². The summed E-state index contributed by atoms with van der Waals surface area (Å²) in [7, 11) is 0. The highest BCUT2D eigenvalue weighted by molar-refractivity contribution is 7.14. The first-order valence-corrected chi connectivity index (χ1v) is 9.02. The third-order valence-corrected chi connectivity index (χ3v) is 4.83. The maximum Gasteiger partial charge on any atom is 0.196 e. The van der Waals surface area contributed by atoms with E-state index in [0.29, 0.717) is 10.8 Å². The van der Waals surface area contributed by atoms with Crippen LogP contribution in [0.3, 0.4) is 0 Å². The molecule has 1 N–H and O–H groups in total. The maximum absolute atomic E-state index is 13.8. The molecule has 0 aliphatic rings. The Morgan fingerprint density at radius 3 is 2.11 bits per heavy atom. The minimum absolute atomic E-state index is 0.158. The third kappa shape index (κ3) is 3.57. The summed E-state index contributed by atoms with van der Waals surface area (Å²) < 4.78 is 40.1. The van der Waals surface area contributed by atoms with Gasteiger partial charge in [0.15, 0.2) is 22.6 Å². The van der Waals surface area contributed by atoms with E-state index in [1.807, 2.05) is 60.0 Å². The van der Waals surface area contributed by atoms with Crippen molar-refractivity contribution in [1.29, 1.82) is 0 Å². The molecule has 3 aromatic carbocycles. The molecule has 1 aromatic heterocycles. The number of thiazole rings is 1. The second kappa shape index (κ2) is 7.25. The van der Waals surface area contributed by atoms with E-state index in [-0.39, 0.29) is 5.69 Å². The van der Waals surface area contributed by atoms with Crippen LogP contribution in [0.2, 0.25) is 0 Å². The van der Waals surface area contributed by atoms with Crippen molar-refractivity contribution in [1.82, 2.24) is 4.98 Å². The number of rotatable bonds is 4. The van der Waals surface area contributed by atoms with Gasteiger partial charge in [-0.25, -0.2) is 18.2 Å². The minimum Gasteiger partial charge on any atom is -0.329 e. The third-order valence-electron chi connectivity index (χ3n) is 4.07. The van der Waals surface area contributed by atoms with Crippen LogP contribution in [0, 0.1) is 17.5 Å². The van der Waals surface area contributed by atoms with E-state index in [2.05, 4.69) is 10.3 Å². The molecule has 0 aliphatic heterocycles. The molecule has 27 heavy (non-hydrogen) atoms. The molecule has 0 aliphatic carbocycles. The second-order valence-corrected chi connectivity index (χ2v) is 6.69. The van der Waals surface area contributed by atoms with Gasteiger partial charge in [-0.1, -0.05) is 54.6 Å². The summed E-state index contributed by atoms with van der Waals surface area (Å²) in [6.07, 6.45) is 0. The molecule has 0 bridgehead atoms. The molecule has 0 radical (unpaired) electrons. The van der Waals surface area contributed by atoms with Gasteiger partial charge in [-0.3, -0.25) is 0 Å². The van der Waals surface area contributed by atoms with Crippen LogP contribution in [-0.2, 0) is 0 Å². The van der Waals surface area contributed by atoms with E-state index in [1.54, 1.807) is 0 Å². The summed E-state index contributed by atoms with van der Waals surface area (Å²) in [6, 6.07) is 20.0. The molecule has 0 saturated heterocycles. The summed E-state index contributed by atoms with van der Waals surface area (Å²) >= 11 is 1.25. The topological polar surface area (TPSA) is 24.9 Å². The number of hydrogen-bond acceptors (Lipinski definition) is 3. The Kier molecular flexibility index (Phi) is 4.64. The number of hydrogen-bond donors (Lipinski definition) is 1. The van der Waals surface area contributed by atoms with Gasteiger partial charge >= 0.3 is 0 Å². The van der Waals surface area contributed by atoms with Crippen LogP contribution in [0.25, 0.3) is 22.4 Å². The van der Waals surface area contributed by atoms with Crippen molar-refractivity contribution in [3.63, 3.8) is 0 Å². The number of halogens is 3. The van der Waals surface area contributed by atoms with Gasteiger partial charge in [0.05, 0.1) is 11.4 Å². The molecule has 2 nitrogen and oxygen atoms in total. The molecule has 0 saturated carbocycles. The Hall–Kier alpha value is -3.12. The average Bonchev–Trinajstić information content (AvgIpc) is 3.18. The predicted molar refractivity (Wildman–Crippen MR) is 103 cm³/mol. The largest absolute Gasteiger partial charge is 0.329 e. The van der Waals surface area contributed by atoms with Crippen LogP contribution in [0.4, 0.5) is 24.0 Å². The van der Waals surface area contributed by atoms with E-state index >= 15 is 0 Å². The van der Waals surface area contributed by atoms with E-state index in [1.165, 1.54) is 11.3 Å². The summed E-state index contributed by atoms with van der Waals surface area (Å²) in [5.74, 6) is -4.00. The molecule has 0 atom stereocenters. The number of benzene rings is 3. The smallest absolute Gasteiger partial charge is 0.196 e. The van der Waals surface area contributed by atoms with E-state index in [4.69, 9.17) is 0 Å². The van der Waals surface area contributed by atoms with Crippen LogP contribution in [-0.4, -0.2) is 4.98 Å². The first-order chi connectivity index (χ1) is 13.1. The van der Waals surface area contributed by atoms with Crippen LogP contribution < -0.4 is 5.32 Å². The maximum atomic E-state index is 13.8. The number of nitrogens with zero attached hydrogens (tertiary/aromatic N) is 1. The summed E-state index contributed by atoms with van der Waals surface area (Å²) in [5, 5.41) is 4.90. The Bertz CT molecular complexity index is 1080. The monoisotopic (exact) mass is 382 g/mol. The van der Waals surface area contributed by atoms with Gasteiger partial charge in [-0.05, 0) is 23.3 Å². The summed E-state index contributed by atoms with van der Waals surface area (Å²) in [6.45, 7) is 0. The van der Waals surface area contributed by atoms with Crippen molar-refractivity contribution in [2.75, 3.05) is 5.32 Å². The lowest BCUT2D eigenvalue weighted by Gasteiger charge is -2.05. The summed E-state index contributed by atoms with van der Waals surface area (Å²) in [5.41, 5.74) is 3.68. The van der Waals surface area contributed by atoms with Crippen molar-refractivity contribution >= 4 is 22.2 Å². The Morgan fingerprint density at radius 2 is 1.37 bits per heavy atom. The lowest BCUT2D eigenvalue weighted by molar-refractivity contribution is 0.449. The number of anilines is 2. The fraction of sp³-hybridized carbons (Fsp3) is 0. The molecule has 0 amide bonds. The molecule has 134 valence electrons. The molecule has 4 rings (SSSR count). The molecule has 1 heterocycles. The van der Waals surface area contributed by atoms with E-state index in [0.717, 1.165) is 28.8 Å². The first kappa shape index (κ1) is 17.3. The van der Waals surface area contributed by atoms with E-state index < -0.39 is 17.5 Å². The predicted octanol–water partition coefficient (Wildman–Crippen LogP) is 6.64. The highest BCUT2D eigenvalue weighted by Crippen LogP contribution is 2.30. The Morgan fingerprint density at radius 1 is 0.704 bits per heavy atom. The standard InChI is InChI=1S/C21H13F3N2S/c22-16-10-11-17(20(24)19(16)23)25-21-26-18(12-27-21)15-8-6-14(7-9-15)13-4-2-1-3-5-13/h1-12H,(H,25,26). The zero-order valence-corrected chi connectivity index (χ0v) is 14.7. The zero-order chi connectivity index (χ0) is 18.8. The van der Waals surface area contributed by atoms with Gasteiger partial charge in [-0.2, -0.15) is 0 Å². The van der Waals surface area contributed by atoms with Gasteiger partial charge in [0.1, 0.15) is 0 Å². The van der Waals surface area contributed by atoms with Gasteiger partial charge in [0.2, 0.25) is 0 Å². The highest BCUT2D eigenvalue weighted by atomic mass is 32.1. The van der Waals surface area contributed by atoms with Crippen molar-refractivity contribution in [2.24, 2.45) is 0 Å². The molecular formula is C21H13F3N2S. The van der Waals surface area contributed by atoms with Crippen molar-refractivity contribution < 1.29 is 13.2 Å². The van der Waals surface area contributed by atoms with Crippen LogP contribution >= 0.6 is 11.3 Å². The van der Waals surface area contributed by atoms with Gasteiger partial charge in [-0.15, -0.1) is 11.3 Å². The van der Waals surface area contributed by atoms with E-state index in [9.17, 15) is 13.2 Å². The van der Waals surface area contributed by atoms with Gasteiger partial charge in [0, 0.05) is 10.9 Å². The average molecular weight is 382 g/mol. The van der Waals surface area contributed by atoms with Crippen molar-refractivity contribution in [3.8, 4) is 22.4 Å². The van der Waals surface area contributed by atoms with Crippen LogP contribution in [0.15, 0.2) is 72.1 Å². The zero-order valence-electron chi connectivity index (χ0n) is 13.9. The molecule has 0 spiro atoms. The fourth-order valence-corrected chi connectivity index (χ4v) is 3.40. The molecular weight excluding hydrogens is 369 g/mol. The number of aromatic nitrogens is 1. The lowest BCUT2D eigenvalue weighted by Crippen LogP contribution is -1.98.